The van der Waals surface area contributed by atoms with Crippen LogP contribution in [0.4, 0.5) is 5.69 Å². The van der Waals surface area contributed by atoms with E-state index >= 15 is 0 Å². The van der Waals surface area contributed by atoms with Gasteiger partial charge in [0.2, 0.25) is 10.0 Å². The molecule has 0 aliphatic rings. The topological polar surface area (TPSA) is 95.5 Å². The van der Waals surface area contributed by atoms with Gasteiger partial charge in [-0.2, -0.15) is 0 Å². The molecule has 1 rings (SSSR count). The highest BCUT2D eigenvalue weighted by Gasteiger charge is 2.21. The maximum absolute atomic E-state index is 12.6. The molecule has 0 heterocycles. The van der Waals surface area contributed by atoms with E-state index in [0.29, 0.717) is 12.2 Å². The van der Waals surface area contributed by atoms with Gasteiger partial charge in [0.1, 0.15) is 4.90 Å². The molecule has 0 spiro atoms. The van der Waals surface area contributed by atoms with Crippen molar-refractivity contribution in [3.05, 3.63) is 23.8 Å². The van der Waals surface area contributed by atoms with E-state index in [1.807, 2.05) is 13.8 Å². The lowest BCUT2D eigenvalue weighted by molar-refractivity contribution is 0.0696. The van der Waals surface area contributed by atoms with Crippen molar-refractivity contribution < 1.29 is 18.3 Å². The van der Waals surface area contributed by atoms with Crippen LogP contribution in [0, 0.1) is 0 Å². The monoisotopic (exact) mass is 356 g/mol. The minimum atomic E-state index is -3.76. The number of sulfonamides is 1. The Morgan fingerprint density at radius 3 is 2.50 bits per heavy atom. The first kappa shape index (κ1) is 20.4. The predicted molar refractivity (Wildman–Crippen MR) is 96.1 cm³/mol. The van der Waals surface area contributed by atoms with Crippen LogP contribution in [0.15, 0.2) is 23.1 Å². The van der Waals surface area contributed by atoms with Gasteiger partial charge in [-0.15, -0.1) is 0 Å². The van der Waals surface area contributed by atoms with Gasteiger partial charge >= 0.3 is 5.97 Å². The summed E-state index contributed by atoms with van der Waals surface area (Å²) in [5.74, 6) is -1.15. The van der Waals surface area contributed by atoms with Gasteiger partial charge < -0.3 is 10.4 Å². The first-order chi connectivity index (χ1) is 11.3. The van der Waals surface area contributed by atoms with Crippen molar-refractivity contribution >= 4 is 21.7 Å². The Morgan fingerprint density at radius 1 is 1.21 bits per heavy atom. The number of anilines is 1. The number of carboxylic acids is 1. The van der Waals surface area contributed by atoms with Crippen LogP contribution in [0.3, 0.4) is 0 Å². The molecule has 0 saturated carbocycles. The highest BCUT2D eigenvalue weighted by molar-refractivity contribution is 7.89. The smallest absolute Gasteiger partial charge is 0.335 e. The van der Waals surface area contributed by atoms with Crippen molar-refractivity contribution in [1.82, 2.24) is 4.72 Å². The van der Waals surface area contributed by atoms with E-state index in [9.17, 15) is 13.2 Å². The molecule has 0 aliphatic carbocycles. The van der Waals surface area contributed by atoms with Crippen LogP contribution in [0.25, 0.3) is 0 Å². The summed E-state index contributed by atoms with van der Waals surface area (Å²) in [6, 6.07) is 4.25. The Morgan fingerprint density at radius 2 is 1.92 bits per heavy atom. The molecule has 0 aromatic heterocycles. The average Bonchev–Trinajstić information content (AvgIpc) is 2.52. The molecule has 0 amide bonds. The largest absolute Gasteiger partial charge is 0.478 e. The minimum Gasteiger partial charge on any atom is -0.478 e. The average molecular weight is 356 g/mol. The first-order valence-corrected chi connectivity index (χ1v) is 9.93. The SMILES string of the molecule is CCCCCNS(=O)(=O)c1cc(C(=O)O)ccc1N[C@@H](C)CCC. The van der Waals surface area contributed by atoms with Crippen LogP contribution in [0.5, 0.6) is 0 Å². The summed E-state index contributed by atoms with van der Waals surface area (Å²) < 4.78 is 27.7. The maximum atomic E-state index is 12.6. The second-order valence-corrected chi connectivity index (χ2v) is 7.69. The van der Waals surface area contributed by atoms with Gasteiger partial charge in [0.25, 0.3) is 0 Å². The van der Waals surface area contributed by atoms with E-state index in [-0.39, 0.29) is 16.5 Å². The maximum Gasteiger partial charge on any atom is 0.335 e. The molecule has 7 heteroatoms. The summed E-state index contributed by atoms with van der Waals surface area (Å²) in [5.41, 5.74) is 0.390. The molecule has 1 atom stereocenters. The van der Waals surface area contributed by atoms with Gasteiger partial charge in [-0.25, -0.2) is 17.9 Å². The quantitative estimate of drug-likeness (QED) is 0.528. The molecule has 6 nitrogen and oxygen atoms in total. The predicted octanol–water partition coefficient (Wildman–Crippen LogP) is 3.45. The molecule has 3 N–H and O–H groups in total. The third-order valence-electron chi connectivity index (χ3n) is 3.71. The van der Waals surface area contributed by atoms with Crippen LogP contribution in [0.1, 0.15) is 63.2 Å². The molecule has 0 radical (unpaired) electrons. The number of benzene rings is 1. The first-order valence-electron chi connectivity index (χ1n) is 8.45. The normalized spacial score (nSPS) is 12.8. The van der Waals surface area contributed by atoms with Crippen molar-refractivity contribution in [3.63, 3.8) is 0 Å². The number of nitrogens with one attached hydrogen (secondary N) is 2. The molecular weight excluding hydrogens is 328 g/mol. The van der Waals surface area contributed by atoms with Crippen LogP contribution in [-0.2, 0) is 10.0 Å². The van der Waals surface area contributed by atoms with Crippen molar-refractivity contribution in [2.45, 2.75) is 63.8 Å². The second kappa shape index (κ2) is 9.64. The number of hydrogen-bond acceptors (Lipinski definition) is 4. The van der Waals surface area contributed by atoms with Crippen LogP contribution in [-0.4, -0.2) is 32.1 Å². The fraction of sp³-hybridized carbons (Fsp3) is 0.588. The van der Waals surface area contributed by atoms with Gasteiger partial charge in [-0.1, -0.05) is 33.1 Å². The standard InChI is InChI=1S/C17H28N2O4S/c1-4-6-7-11-18-24(22,23)16-12-14(17(20)21)9-10-15(16)19-13(3)8-5-2/h9-10,12-13,18-19H,4-8,11H2,1-3H3,(H,20,21)/t13-/m0/s1. The van der Waals surface area contributed by atoms with Gasteiger partial charge in [0.15, 0.2) is 0 Å². The lowest BCUT2D eigenvalue weighted by Gasteiger charge is -2.18. The summed E-state index contributed by atoms with van der Waals surface area (Å²) in [5, 5.41) is 12.3. The second-order valence-electron chi connectivity index (χ2n) is 5.96. The lowest BCUT2D eigenvalue weighted by atomic mass is 10.1. The van der Waals surface area contributed by atoms with Crippen LogP contribution >= 0.6 is 0 Å². The van der Waals surface area contributed by atoms with E-state index in [2.05, 4.69) is 17.0 Å². The minimum absolute atomic E-state index is 0.0122. The van der Waals surface area contributed by atoms with E-state index in [0.717, 1.165) is 32.1 Å². The van der Waals surface area contributed by atoms with E-state index in [4.69, 9.17) is 5.11 Å². The Hall–Kier alpha value is -1.60. The molecule has 136 valence electrons. The van der Waals surface area contributed by atoms with E-state index in [1.54, 1.807) is 0 Å². The van der Waals surface area contributed by atoms with Crippen molar-refractivity contribution in [1.29, 1.82) is 0 Å². The van der Waals surface area contributed by atoms with Crippen LogP contribution in [0.2, 0.25) is 0 Å². The van der Waals surface area contributed by atoms with Crippen molar-refractivity contribution in [2.24, 2.45) is 0 Å². The number of carboxylic acid groups (broad SMARTS) is 1. The molecule has 0 bridgehead atoms. The van der Waals surface area contributed by atoms with Gasteiger partial charge in [-0.3, -0.25) is 0 Å². The summed E-state index contributed by atoms with van der Waals surface area (Å²) in [7, 11) is -3.76. The lowest BCUT2D eigenvalue weighted by Crippen LogP contribution is -2.27. The number of carbonyl (C=O) groups is 1. The number of rotatable bonds is 11. The number of unbranched alkanes of at least 4 members (excludes halogenated alkanes) is 2. The fourth-order valence-corrected chi connectivity index (χ4v) is 3.69. The molecule has 0 saturated heterocycles. The fourth-order valence-electron chi connectivity index (χ4n) is 2.43. The van der Waals surface area contributed by atoms with Gasteiger partial charge in [-0.05, 0) is 38.0 Å². The number of aromatic carboxylic acids is 1. The molecule has 24 heavy (non-hydrogen) atoms. The van der Waals surface area contributed by atoms with Crippen molar-refractivity contribution in [2.75, 3.05) is 11.9 Å². The van der Waals surface area contributed by atoms with E-state index < -0.39 is 16.0 Å². The Kier molecular flexibility index (Phi) is 8.21. The Bertz CT molecular complexity index is 644. The summed E-state index contributed by atoms with van der Waals surface area (Å²) >= 11 is 0. The Labute approximate surface area is 144 Å². The summed E-state index contributed by atoms with van der Waals surface area (Å²) in [6.45, 7) is 6.41. The Balaban J connectivity index is 3.10. The molecule has 0 aliphatic heterocycles. The highest BCUT2D eigenvalue weighted by Crippen LogP contribution is 2.24. The molecule has 1 aromatic rings. The third kappa shape index (κ3) is 6.13. The molecule has 0 unspecified atom stereocenters. The van der Waals surface area contributed by atoms with Gasteiger partial charge in [0, 0.05) is 12.6 Å². The molecule has 0 fully saturated rings. The highest BCUT2D eigenvalue weighted by atomic mass is 32.2. The summed E-state index contributed by atoms with van der Waals surface area (Å²) in [6.07, 6.45) is 4.56. The number of hydrogen-bond donors (Lipinski definition) is 3. The molecular formula is C17H28N2O4S. The zero-order valence-corrected chi connectivity index (χ0v) is 15.4. The zero-order chi connectivity index (χ0) is 18.2. The summed E-state index contributed by atoms with van der Waals surface area (Å²) in [4.78, 5) is 11.2. The van der Waals surface area contributed by atoms with Crippen molar-refractivity contribution in [3.8, 4) is 0 Å². The van der Waals surface area contributed by atoms with Crippen LogP contribution < -0.4 is 10.0 Å². The van der Waals surface area contributed by atoms with Gasteiger partial charge in [0.05, 0.1) is 11.3 Å². The third-order valence-corrected chi connectivity index (χ3v) is 5.22. The zero-order valence-electron chi connectivity index (χ0n) is 14.6. The molecule has 1 aromatic carbocycles. The van der Waals surface area contributed by atoms with E-state index in [1.165, 1.54) is 18.2 Å².